The van der Waals surface area contributed by atoms with Crippen LogP contribution in [0.4, 0.5) is 4.39 Å². The molecule has 1 aliphatic carbocycles. The third kappa shape index (κ3) is 2.82. The molecule has 0 bridgehead atoms. The fourth-order valence-electron chi connectivity index (χ4n) is 1.68. The molecule has 1 aromatic carbocycles. The van der Waals surface area contributed by atoms with Gasteiger partial charge in [0.2, 0.25) is 0 Å². The molecule has 0 spiro atoms. The van der Waals surface area contributed by atoms with Crippen molar-refractivity contribution in [3.8, 4) is 0 Å². The topological polar surface area (TPSA) is 35.5 Å². The monoisotopic (exact) mass is 238 g/mol. The molecule has 0 atom stereocenters. The number of ether oxygens (including phenoxy) is 2. The van der Waals surface area contributed by atoms with Gasteiger partial charge in [0, 0.05) is 0 Å². The highest BCUT2D eigenvalue weighted by atomic mass is 19.1. The second kappa shape index (κ2) is 5.27. The molecule has 4 heteroatoms. The average Bonchev–Trinajstić information content (AvgIpc) is 2.26. The molecule has 1 aromatic rings. The zero-order valence-electron chi connectivity index (χ0n) is 9.74. The Morgan fingerprint density at radius 1 is 1.47 bits per heavy atom. The van der Waals surface area contributed by atoms with Crippen LogP contribution in [0.15, 0.2) is 18.2 Å². The molecular formula is C13H15FO3. The third-order valence-corrected chi connectivity index (χ3v) is 2.98. The lowest BCUT2D eigenvalue weighted by molar-refractivity contribution is -0.00877. The van der Waals surface area contributed by atoms with E-state index in [1.165, 1.54) is 25.7 Å². The van der Waals surface area contributed by atoms with E-state index in [0.29, 0.717) is 12.7 Å². The highest BCUT2D eigenvalue weighted by Crippen LogP contribution is 2.23. The Morgan fingerprint density at radius 3 is 2.76 bits per heavy atom. The van der Waals surface area contributed by atoms with Gasteiger partial charge < -0.3 is 9.47 Å². The van der Waals surface area contributed by atoms with Gasteiger partial charge in [-0.3, -0.25) is 0 Å². The highest BCUT2D eigenvalue weighted by molar-refractivity contribution is 5.89. The first-order chi connectivity index (χ1) is 8.20. The van der Waals surface area contributed by atoms with Gasteiger partial charge in [-0.1, -0.05) is 6.07 Å². The number of esters is 1. The van der Waals surface area contributed by atoms with E-state index in [0.717, 1.165) is 18.4 Å². The van der Waals surface area contributed by atoms with E-state index in [9.17, 15) is 9.18 Å². The van der Waals surface area contributed by atoms with Gasteiger partial charge in [0.1, 0.15) is 5.82 Å². The molecule has 17 heavy (non-hydrogen) atoms. The number of halogens is 1. The molecule has 0 saturated heterocycles. The molecule has 92 valence electrons. The summed E-state index contributed by atoms with van der Waals surface area (Å²) in [5.74, 6) is -1.22. The Hall–Kier alpha value is -1.42. The van der Waals surface area contributed by atoms with Crippen molar-refractivity contribution in [2.24, 2.45) is 0 Å². The summed E-state index contributed by atoms with van der Waals surface area (Å²) < 4.78 is 23.6. The van der Waals surface area contributed by atoms with Crippen molar-refractivity contribution in [1.29, 1.82) is 0 Å². The molecule has 0 amide bonds. The van der Waals surface area contributed by atoms with Crippen molar-refractivity contribution < 1.29 is 18.7 Å². The molecule has 0 aliphatic heterocycles. The van der Waals surface area contributed by atoms with Gasteiger partial charge in [0.25, 0.3) is 0 Å². The molecule has 3 nitrogen and oxygen atoms in total. The Morgan fingerprint density at radius 2 is 2.24 bits per heavy atom. The zero-order chi connectivity index (χ0) is 12.3. The first-order valence-electron chi connectivity index (χ1n) is 5.69. The van der Waals surface area contributed by atoms with E-state index in [1.807, 2.05) is 0 Å². The Bertz CT molecular complexity index is 413. The Kier molecular flexibility index (Phi) is 3.74. The minimum absolute atomic E-state index is 0.0418. The lowest BCUT2D eigenvalue weighted by Gasteiger charge is -2.25. The van der Waals surface area contributed by atoms with Crippen LogP contribution in [0.25, 0.3) is 0 Å². The fraction of sp³-hybridized carbons (Fsp3) is 0.462. The van der Waals surface area contributed by atoms with Gasteiger partial charge in [0.15, 0.2) is 0 Å². The lowest BCUT2D eigenvalue weighted by Crippen LogP contribution is -2.21. The Labute approximate surface area is 99.5 Å². The van der Waals surface area contributed by atoms with Gasteiger partial charge >= 0.3 is 5.97 Å². The molecule has 1 fully saturated rings. The van der Waals surface area contributed by atoms with Crippen LogP contribution in [0, 0.1) is 5.82 Å². The quantitative estimate of drug-likeness (QED) is 0.756. The van der Waals surface area contributed by atoms with Crippen LogP contribution in [0.1, 0.15) is 35.2 Å². The van der Waals surface area contributed by atoms with Crippen molar-refractivity contribution in [1.82, 2.24) is 0 Å². The maximum Gasteiger partial charge on any atom is 0.340 e. The summed E-state index contributed by atoms with van der Waals surface area (Å²) >= 11 is 0. The second-order valence-electron chi connectivity index (χ2n) is 4.17. The van der Waals surface area contributed by atoms with Gasteiger partial charge in [-0.25, -0.2) is 9.18 Å². The van der Waals surface area contributed by atoms with Crippen molar-refractivity contribution in [2.75, 3.05) is 7.11 Å². The molecule has 0 aromatic heterocycles. The number of hydrogen-bond donors (Lipinski definition) is 0. The number of rotatable bonds is 4. The van der Waals surface area contributed by atoms with Crippen LogP contribution in [0.5, 0.6) is 0 Å². The number of carbonyl (C=O) groups is 1. The fourth-order valence-corrected chi connectivity index (χ4v) is 1.68. The van der Waals surface area contributed by atoms with Gasteiger partial charge in [-0.15, -0.1) is 0 Å². The summed E-state index contributed by atoms with van der Waals surface area (Å²) in [7, 11) is 1.23. The number of carbonyl (C=O) groups excluding carboxylic acids is 1. The standard InChI is InChI=1S/C13H15FO3/c1-16-13(15)11-6-5-9(7-12(11)14)8-17-10-3-2-4-10/h5-7,10H,2-4,8H2,1H3. The number of methoxy groups -OCH3 is 1. The SMILES string of the molecule is COC(=O)c1ccc(COC2CCC2)cc1F. The van der Waals surface area contributed by atoms with Crippen molar-refractivity contribution in [2.45, 2.75) is 32.0 Å². The second-order valence-corrected chi connectivity index (χ2v) is 4.17. The van der Waals surface area contributed by atoms with Crippen molar-refractivity contribution in [3.63, 3.8) is 0 Å². The van der Waals surface area contributed by atoms with E-state index in [1.54, 1.807) is 6.07 Å². The third-order valence-electron chi connectivity index (χ3n) is 2.98. The summed E-state index contributed by atoms with van der Waals surface area (Å²) in [6.45, 7) is 0.392. The Balaban J connectivity index is 1.99. The largest absolute Gasteiger partial charge is 0.465 e. The van der Waals surface area contributed by atoms with Crippen LogP contribution in [-0.2, 0) is 16.1 Å². The maximum atomic E-state index is 13.6. The maximum absolute atomic E-state index is 13.6. The molecule has 0 N–H and O–H groups in total. The number of benzene rings is 1. The smallest absolute Gasteiger partial charge is 0.340 e. The van der Waals surface area contributed by atoms with E-state index in [-0.39, 0.29) is 5.56 Å². The molecule has 0 radical (unpaired) electrons. The minimum atomic E-state index is -0.658. The first-order valence-corrected chi connectivity index (χ1v) is 5.69. The number of hydrogen-bond acceptors (Lipinski definition) is 3. The van der Waals surface area contributed by atoms with Crippen LogP contribution in [0.2, 0.25) is 0 Å². The molecular weight excluding hydrogens is 223 g/mol. The van der Waals surface area contributed by atoms with E-state index in [2.05, 4.69) is 4.74 Å². The van der Waals surface area contributed by atoms with Crippen molar-refractivity contribution in [3.05, 3.63) is 35.1 Å². The predicted octanol–water partition coefficient (Wildman–Crippen LogP) is 2.68. The van der Waals surface area contributed by atoms with Crippen molar-refractivity contribution >= 4 is 5.97 Å². The molecule has 1 aliphatic rings. The molecule has 0 unspecified atom stereocenters. The van der Waals surface area contributed by atoms with Gasteiger partial charge in [0.05, 0.1) is 25.4 Å². The van der Waals surface area contributed by atoms with Crippen LogP contribution in [-0.4, -0.2) is 19.2 Å². The van der Waals surface area contributed by atoms with Gasteiger partial charge in [-0.2, -0.15) is 0 Å². The zero-order valence-corrected chi connectivity index (χ0v) is 9.74. The normalized spacial score (nSPS) is 15.4. The molecule has 0 heterocycles. The minimum Gasteiger partial charge on any atom is -0.465 e. The summed E-state index contributed by atoms with van der Waals surface area (Å²) in [6.07, 6.45) is 3.70. The van der Waals surface area contributed by atoms with Gasteiger partial charge in [-0.05, 0) is 37.0 Å². The molecule has 2 rings (SSSR count). The van der Waals surface area contributed by atoms with Crippen LogP contribution in [0.3, 0.4) is 0 Å². The average molecular weight is 238 g/mol. The predicted molar refractivity (Wildman–Crippen MR) is 60.2 cm³/mol. The van der Waals surface area contributed by atoms with E-state index < -0.39 is 11.8 Å². The van der Waals surface area contributed by atoms with E-state index in [4.69, 9.17) is 4.74 Å². The highest BCUT2D eigenvalue weighted by Gasteiger charge is 2.18. The summed E-state index contributed by atoms with van der Waals surface area (Å²) in [5, 5.41) is 0. The first kappa shape index (κ1) is 12.0. The summed E-state index contributed by atoms with van der Waals surface area (Å²) in [4.78, 5) is 11.2. The van der Waals surface area contributed by atoms with Crippen LogP contribution < -0.4 is 0 Å². The summed E-state index contributed by atoms with van der Waals surface area (Å²) in [6, 6.07) is 4.44. The summed E-state index contributed by atoms with van der Waals surface area (Å²) in [5.41, 5.74) is 0.696. The lowest BCUT2D eigenvalue weighted by atomic mass is 9.96. The van der Waals surface area contributed by atoms with Crippen LogP contribution >= 0.6 is 0 Å². The molecule has 1 saturated carbocycles. The van der Waals surface area contributed by atoms with E-state index >= 15 is 0 Å².